The van der Waals surface area contributed by atoms with Gasteiger partial charge >= 0.3 is 0 Å². The van der Waals surface area contributed by atoms with Gasteiger partial charge in [0.15, 0.2) is 5.78 Å². The summed E-state index contributed by atoms with van der Waals surface area (Å²) in [5.41, 5.74) is -0.636. The van der Waals surface area contributed by atoms with E-state index < -0.39 is 5.60 Å². The zero-order chi connectivity index (χ0) is 13.6. The van der Waals surface area contributed by atoms with Gasteiger partial charge in [0.2, 0.25) is 0 Å². The van der Waals surface area contributed by atoms with Crippen LogP contribution in [0.5, 0.6) is 5.75 Å². The standard InChI is InChI=1S/C14H20O3S/c1-13(2)7-10(14(3,4)17-13)12(15)11-6-9(16-5)8-18-11/h6,8,10H,7H2,1-5H3. The van der Waals surface area contributed by atoms with E-state index in [-0.39, 0.29) is 17.3 Å². The number of rotatable bonds is 3. The smallest absolute Gasteiger partial charge is 0.178 e. The lowest BCUT2D eigenvalue weighted by Gasteiger charge is -2.26. The molecule has 0 bridgehead atoms. The third-order valence-corrected chi connectivity index (χ3v) is 4.37. The largest absolute Gasteiger partial charge is 0.496 e. The van der Waals surface area contributed by atoms with Gasteiger partial charge in [0.25, 0.3) is 0 Å². The van der Waals surface area contributed by atoms with E-state index in [9.17, 15) is 4.79 Å². The summed E-state index contributed by atoms with van der Waals surface area (Å²) in [4.78, 5) is 13.3. The first-order valence-electron chi connectivity index (χ1n) is 6.12. The number of Topliss-reactive ketones (excluding diaryl/α,β-unsaturated/α-hetero) is 1. The van der Waals surface area contributed by atoms with Crippen LogP contribution in [0.4, 0.5) is 0 Å². The molecule has 1 aliphatic heterocycles. The molecule has 1 aliphatic rings. The number of carbonyl (C=O) groups excluding carboxylic acids is 1. The zero-order valence-electron chi connectivity index (χ0n) is 11.6. The molecule has 1 saturated heterocycles. The Bertz CT molecular complexity index is 459. The molecule has 4 heteroatoms. The van der Waals surface area contributed by atoms with Gasteiger partial charge in [-0.25, -0.2) is 0 Å². The molecular weight excluding hydrogens is 248 g/mol. The second-order valence-electron chi connectivity index (χ2n) is 5.94. The average Bonchev–Trinajstić information content (AvgIpc) is 2.79. The van der Waals surface area contributed by atoms with Gasteiger partial charge in [0.05, 0.1) is 29.1 Å². The van der Waals surface area contributed by atoms with Gasteiger partial charge in [-0.1, -0.05) is 0 Å². The minimum Gasteiger partial charge on any atom is -0.496 e. The van der Waals surface area contributed by atoms with Gasteiger partial charge in [-0.15, -0.1) is 11.3 Å². The normalized spacial score (nSPS) is 25.1. The maximum atomic E-state index is 12.6. The summed E-state index contributed by atoms with van der Waals surface area (Å²) in [6, 6.07) is 1.81. The van der Waals surface area contributed by atoms with Gasteiger partial charge in [-0.05, 0) is 34.1 Å². The fourth-order valence-corrected chi connectivity index (χ4v) is 3.55. The van der Waals surface area contributed by atoms with Crippen LogP contribution in [0.3, 0.4) is 0 Å². The van der Waals surface area contributed by atoms with Crippen molar-refractivity contribution in [1.82, 2.24) is 0 Å². The highest BCUT2D eigenvalue weighted by Crippen LogP contribution is 2.44. The van der Waals surface area contributed by atoms with Crippen molar-refractivity contribution in [2.45, 2.75) is 45.3 Å². The Morgan fingerprint density at radius 2 is 2.11 bits per heavy atom. The second kappa shape index (κ2) is 4.35. The number of hydrogen-bond donors (Lipinski definition) is 0. The quantitative estimate of drug-likeness (QED) is 0.787. The molecule has 0 amide bonds. The van der Waals surface area contributed by atoms with E-state index in [1.807, 2.05) is 39.1 Å². The van der Waals surface area contributed by atoms with Crippen LogP contribution in [-0.2, 0) is 4.74 Å². The minimum atomic E-state index is -0.405. The van der Waals surface area contributed by atoms with Crippen LogP contribution < -0.4 is 4.74 Å². The lowest BCUT2D eigenvalue weighted by molar-refractivity contribution is -0.0712. The number of ether oxygens (including phenoxy) is 2. The molecule has 0 aromatic carbocycles. The molecule has 0 radical (unpaired) electrons. The Kier molecular flexibility index (Phi) is 3.28. The molecule has 0 N–H and O–H groups in total. The number of carbonyl (C=O) groups is 1. The number of thiophene rings is 1. The first-order valence-corrected chi connectivity index (χ1v) is 7.00. The highest BCUT2D eigenvalue weighted by Gasteiger charge is 2.49. The van der Waals surface area contributed by atoms with E-state index in [1.165, 1.54) is 11.3 Å². The van der Waals surface area contributed by atoms with Gasteiger partial charge in [0, 0.05) is 11.4 Å². The molecule has 1 unspecified atom stereocenters. The van der Waals surface area contributed by atoms with Crippen molar-refractivity contribution in [1.29, 1.82) is 0 Å². The summed E-state index contributed by atoms with van der Waals surface area (Å²) in [6.07, 6.45) is 0.763. The van der Waals surface area contributed by atoms with Crippen LogP contribution in [-0.4, -0.2) is 24.1 Å². The number of hydrogen-bond acceptors (Lipinski definition) is 4. The molecule has 3 nitrogen and oxygen atoms in total. The molecule has 2 heterocycles. The van der Waals surface area contributed by atoms with Gasteiger partial charge in [-0.2, -0.15) is 0 Å². The van der Waals surface area contributed by atoms with E-state index in [0.29, 0.717) is 0 Å². The maximum absolute atomic E-state index is 12.6. The second-order valence-corrected chi connectivity index (χ2v) is 6.85. The molecule has 1 aromatic rings. The third kappa shape index (κ3) is 2.45. The van der Waals surface area contributed by atoms with Gasteiger partial charge in [-0.3, -0.25) is 4.79 Å². The van der Waals surface area contributed by atoms with Crippen molar-refractivity contribution in [3.63, 3.8) is 0 Å². The van der Waals surface area contributed by atoms with Crippen molar-refractivity contribution >= 4 is 17.1 Å². The number of methoxy groups -OCH3 is 1. The SMILES string of the molecule is COc1csc(C(=O)C2CC(C)(C)OC2(C)C)c1. The summed E-state index contributed by atoms with van der Waals surface area (Å²) in [7, 11) is 1.61. The monoisotopic (exact) mass is 268 g/mol. The fraction of sp³-hybridized carbons (Fsp3) is 0.643. The molecule has 100 valence electrons. The lowest BCUT2D eigenvalue weighted by atomic mass is 9.83. The van der Waals surface area contributed by atoms with E-state index in [1.54, 1.807) is 7.11 Å². The van der Waals surface area contributed by atoms with E-state index in [4.69, 9.17) is 9.47 Å². The average molecular weight is 268 g/mol. The molecular formula is C14H20O3S. The predicted molar refractivity (Wildman–Crippen MR) is 72.6 cm³/mol. The Labute approximate surface area is 112 Å². The summed E-state index contributed by atoms with van der Waals surface area (Å²) < 4.78 is 11.1. The van der Waals surface area contributed by atoms with Crippen molar-refractivity contribution in [2.75, 3.05) is 7.11 Å². The Morgan fingerprint density at radius 3 is 2.56 bits per heavy atom. The summed E-state index contributed by atoms with van der Waals surface area (Å²) in [5.74, 6) is 0.828. The van der Waals surface area contributed by atoms with E-state index >= 15 is 0 Å². The van der Waals surface area contributed by atoms with Crippen molar-refractivity contribution in [3.8, 4) is 5.75 Å². The molecule has 2 rings (SSSR count). The maximum Gasteiger partial charge on any atom is 0.178 e. The predicted octanol–water partition coefficient (Wildman–Crippen LogP) is 3.53. The van der Waals surface area contributed by atoms with Crippen LogP contribution >= 0.6 is 11.3 Å². The van der Waals surface area contributed by atoms with Crippen LogP contribution in [0.1, 0.15) is 43.8 Å². The summed E-state index contributed by atoms with van der Waals surface area (Å²) >= 11 is 1.44. The van der Waals surface area contributed by atoms with Crippen LogP contribution in [0.2, 0.25) is 0 Å². The fourth-order valence-electron chi connectivity index (χ4n) is 2.70. The molecule has 1 atom stereocenters. The van der Waals surface area contributed by atoms with Crippen molar-refractivity contribution in [3.05, 3.63) is 16.3 Å². The van der Waals surface area contributed by atoms with Crippen LogP contribution in [0.15, 0.2) is 11.4 Å². The Morgan fingerprint density at radius 1 is 1.44 bits per heavy atom. The zero-order valence-corrected chi connectivity index (χ0v) is 12.4. The first-order chi connectivity index (χ1) is 8.25. The Balaban J connectivity index is 2.24. The molecule has 0 saturated carbocycles. The minimum absolute atomic E-state index is 0.0872. The molecule has 1 aromatic heterocycles. The highest BCUT2D eigenvalue weighted by atomic mass is 32.1. The lowest BCUT2D eigenvalue weighted by Crippen LogP contribution is -2.33. The van der Waals surface area contributed by atoms with Crippen molar-refractivity contribution < 1.29 is 14.3 Å². The third-order valence-electron chi connectivity index (χ3n) is 3.44. The molecule has 1 fully saturated rings. The summed E-state index contributed by atoms with van der Waals surface area (Å²) in [6.45, 7) is 8.07. The molecule has 18 heavy (non-hydrogen) atoms. The molecule has 0 spiro atoms. The van der Waals surface area contributed by atoms with Crippen LogP contribution in [0.25, 0.3) is 0 Å². The van der Waals surface area contributed by atoms with Gasteiger partial charge < -0.3 is 9.47 Å². The topological polar surface area (TPSA) is 35.5 Å². The Hall–Kier alpha value is -0.870. The highest BCUT2D eigenvalue weighted by molar-refractivity contribution is 7.12. The van der Waals surface area contributed by atoms with Gasteiger partial charge in [0.1, 0.15) is 5.75 Å². The van der Waals surface area contributed by atoms with E-state index in [0.717, 1.165) is 17.0 Å². The van der Waals surface area contributed by atoms with E-state index in [2.05, 4.69) is 0 Å². The first kappa shape index (κ1) is 13.6. The summed E-state index contributed by atoms with van der Waals surface area (Å²) in [5, 5.41) is 1.86. The number of ketones is 1. The van der Waals surface area contributed by atoms with Crippen molar-refractivity contribution in [2.24, 2.45) is 5.92 Å². The molecule has 0 aliphatic carbocycles. The van der Waals surface area contributed by atoms with Crippen LogP contribution in [0, 0.1) is 5.92 Å².